The van der Waals surface area contributed by atoms with Gasteiger partial charge in [0.2, 0.25) is 0 Å². The van der Waals surface area contributed by atoms with E-state index in [-0.39, 0.29) is 4.90 Å². The van der Waals surface area contributed by atoms with Gasteiger partial charge in [-0.3, -0.25) is 0 Å². The molecular formula is C20H15F2N3O2S2. The van der Waals surface area contributed by atoms with Gasteiger partial charge in [-0.1, -0.05) is 18.2 Å². The van der Waals surface area contributed by atoms with Gasteiger partial charge in [0.15, 0.2) is 21.5 Å². The van der Waals surface area contributed by atoms with Gasteiger partial charge in [0.05, 0.1) is 16.3 Å². The number of aromatic nitrogens is 2. The van der Waals surface area contributed by atoms with Crippen LogP contribution in [0.5, 0.6) is 0 Å². The quantitative estimate of drug-likeness (QED) is 0.501. The van der Waals surface area contributed by atoms with E-state index in [1.165, 1.54) is 35.9 Å². The van der Waals surface area contributed by atoms with E-state index in [2.05, 4.69) is 15.3 Å². The Hall–Kier alpha value is -2.91. The number of thiophene rings is 1. The fraction of sp³-hybridized carbons (Fsp3) is 0.100. The molecule has 2 aromatic heterocycles. The van der Waals surface area contributed by atoms with Crippen molar-refractivity contribution in [3.05, 3.63) is 83.0 Å². The van der Waals surface area contributed by atoms with Crippen LogP contribution >= 0.6 is 11.3 Å². The highest BCUT2D eigenvalue weighted by atomic mass is 32.2. The number of rotatable bonds is 5. The lowest BCUT2D eigenvalue weighted by Crippen LogP contribution is -2.15. The molecule has 2 aromatic carbocycles. The molecule has 0 bridgehead atoms. The number of benzene rings is 2. The smallest absolute Gasteiger partial charge is 0.175 e. The molecule has 0 aliphatic rings. The third-order valence-corrected chi connectivity index (χ3v) is 6.37. The first-order valence-electron chi connectivity index (χ1n) is 8.52. The van der Waals surface area contributed by atoms with Crippen LogP contribution in [0.25, 0.3) is 10.2 Å². The van der Waals surface area contributed by atoms with Crippen molar-refractivity contribution in [2.45, 2.75) is 10.9 Å². The molecule has 0 radical (unpaired) electrons. The van der Waals surface area contributed by atoms with Crippen LogP contribution in [0.2, 0.25) is 0 Å². The second-order valence-electron chi connectivity index (χ2n) is 6.46. The van der Waals surface area contributed by atoms with Gasteiger partial charge in [0.25, 0.3) is 0 Å². The van der Waals surface area contributed by atoms with Crippen LogP contribution in [0.4, 0.5) is 14.6 Å². The van der Waals surface area contributed by atoms with Crippen LogP contribution in [-0.4, -0.2) is 24.6 Å². The first kappa shape index (κ1) is 19.4. The topological polar surface area (TPSA) is 72.0 Å². The largest absolute Gasteiger partial charge is 0.359 e. The molecule has 0 saturated carbocycles. The Morgan fingerprint density at radius 1 is 1.00 bits per heavy atom. The minimum absolute atomic E-state index is 0.132. The van der Waals surface area contributed by atoms with Gasteiger partial charge in [-0.05, 0) is 46.8 Å². The summed E-state index contributed by atoms with van der Waals surface area (Å²) >= 11 is 1.45. The minimum Gasteiger partial charge on any atom is -0.359 e. The molecule has 0 aliphatic heterocycles. The summed E-state index contributed by atoms with van der Waals surface area (Å²) in [6.07, 6.45) is 2.53. The van der Waals surface area contributed by atoms with Crippen LogP contribution in [0.3, 0.4) is 0 Å². The third kappa shape index (κ3) is 3.96. The third-order valence-electron chi connectivity index (χ3n) is 4.44. The monoisotopic (exact) mass is 431 g/mol. The molecule has 4 rings (SSSR count). The normalized spacial score (nSPS) is 12.8. The SMILES string of the molecule is CS(=O)(=O)c1cccc(C(Nc2ncnc3sccc23)c2ccc(F)c(F)c2)c1. The predicted octanol–water partition coefficient (Wildman–Crippen LogP) is 4.57. The predicted molar refractivity (Wildman–Crippen MR) is 109 cm³/mol. The minimum atomic E-state index is -3.44. The summed E-state index contributed by atoms with van der Waals surface area (Å²) in [5.41, 5.74) is 0.998. The molecule has 9 heteroatoms. The van der Waals surface area contributed by atoms with Gasteiger partial charge in [-0.25, -0.2) is 27.2 Å². The van der Waals surface area contributed by atoms with Crippen molar-refractivity contribution in [2.75, 3.05) is 11.6 Å². The second kappa shape index (κ2) is 7.49. The average Bonchev–Trinajstić information content (AvgIpc) is 3.17. The number of anilines is 1. The number of fused-ring (bicyclic) bond motifs is 1. The van der Waals surface area contributed by atoms with Crippen molar-refractivity contribution in [3.8, 4) is 0 Å². The lowest BCUT2D eigenvalue weighted by Gasteiger charge is -2.21. The first-order chi connectivity index (χ1) is 13.8. The Balaban J connectivity index is 1.86. The zero-order valence-corrected chi connectivity index (χ0v) is 16.8. The molecule has 0 saturated heterocycles. The van der Waals surface area contributed by atoms with Gasteiger partial charge in [0, 0.05) is 6.26 Å². The summed E-state index contributed by atoms with van der Waals surface area (Å²) in [6.45, 7) is 0. The van der Waals surface area contributed by atoms with Crippen LogP contribution in [-0.2, 0) is 9.84 Å². The highest BCUT2D eigenvalue weighted by Gasteiger charge is 2.20. The van der Waals surface area contributed by atoms with Crippen LogP contribution in [0.15, 0.2) is 65.1 Å². The average molecular weight is 431 g/mol. The van der Waals surface area contributed by atoms with Gasteiger partial charge >= 0.3 is 0 Å². The van der Waals surface area contributed by atoms with Crippen molar-refractivity contribution in [2.24, 2.45) is 0 Å². The Bertz CT molecular complexity index is 1310. The fourth-order valence-corrected chi connectivity index (χ4v) is 4.43. The molecular weight excluding hydrogens is 416 g/mol. The standard InChI is InChI=1S/C20H15F2N3O2S2/c1-29(26,27)14-4-2-3-12(9-14)18(13-5-6-16(21)17(22)10-13)25-19-15-7-8-28-20(15)24-11-23-19/h2-11,18H,1H3,(H,23,24,25). The van der Waals surface area contributed by atoms with E-state index in [9.17, 15) is 17.2 Å². The number of sulfone groups is 1. The van der Waals surface area contributed by atoms with E-state index in [4.69, 9.17) is 0 Å². The molecule has 5 nitrogen and oxygen atoms in total. The molecule has 29 heavy (non-hydrogen) atoms. The van der Waals surface area contributed by atoms with E-state index < -0.39 is 27.5 Å². The van der Waals surface area contributed by atoms with Gasteiger partial charge in [0.1, 0.15) is 17.0 Å². The Labute approximate surface area is 170 Å². The van der Waals surface area contributed by atoms with Gasteiger partial charge in [-0.15, -0.1) is 11.3 Å². The molecule has 2 heterocycles. The van der Waals surface area contributed by atoms with E-state index in [1.54, 1.807) is 12.1 Å². The molecule has 0 spiro atoms. The molecule has 0 amide bonds. The number of hydrogen-bond acceptors (Lipinski definition) is 6. The van der Waals surface area contributed by atoms with Crippen molar-refractivity contribution < 1.29 is 17.2 Å². The number of nitrogens with one attached hydrogen (secondary N) is 1. The maximum Gasteiger partial charge on any atom is 0.175 e. The molecule has 1 N–H and O–H groups in total. The molecule has 148 valence electrons. The first-order valence-corrected chi connectivity index (χ1v) is 11.3. The summed E-state index contributed by atoms with van der Waals surface area (Å²) < 4.78 is 51.4. The summed E-state index contributed by atoms with van der Waals surface area (Å²) in [6, 6.07) is 11.1. The van der Waals surface area contributed by atoms with Crippen molar-refractivity contribution >= 4 is 37.2 Å². The highest BCUT2D eigenvalue weighted by Crippen LogP contribution is 2.32. The Morgan fingerprint density at radius 2 is 1.79 bits per heavy atom. The zero-order valence-electron chi connectivity index (χ0n) is 15.1. The molecule has 4 aromatic rings. The maximum atomic E-state index is 13.9. The summed E-state index contributed by atoms with van der Waals surface area (Å²) in [5, 5.41) is 5.90. The molecule has 1 unspecified atom stereocenters. The van der Waals surface area contributed by atoms with E-state index in [1.807, 2.05) is 11.4 Å². The lowest BCUT2D eigenvalue weighted by atomic mass is 9.98. The molecule has 0 fully saturated rings. The van der Waals surface area contributed by atoms with Crippen molar-refractivity contribution in [3.63, 3.8) is 0 Å². The van der Waals surface area contributed by atoms with Crippen LogP contribution in [0, 0.1) is 11.6 Å². The Kier molecular flexibility index (Phi) is 5.01. The Morgan fingerprint density at radius 3 is 2.55 bits per heavy atom. The van der Waals surface area contributed by atoms with Crippen molar-refractivity contribution in [1.82, 2.24) is 9.97 Å². The molecule has 0 aliphatic carbocycles. The lowest BCUT2D eigenvalue weighted by molar-refractivity contribution is 0.506. The summed E-state index contributed by atoms with van der Waals surface area (Å²) in [4.78, 5) is 9.39. The number of nitrogens with zero attached hydrogens (tertiary/aromatic N) is 2. The maximum absolute atomic E-state index is 13.9. The number of hydrogen-bond donors (Lipinski definition) is 1. The second-order valence-corrected chi connectivity index (χ2v) is 9.37. The molecule has 1 atom stereocenters. The summed E-state index contributed by atoms with van der Waals surface area (Å²) in [5.74, 6) is -1.44. The highest BCUT2D eigenvalue weighted by molar-refractivity contribution is 7.90. The van der Waals surface area contributed by atoms with Crippen LogP contribution in [0.1, 0.15) is 17.2 Å². The fourth-order valence-electron chi connectivity index (χ4n) is 3.02. The zero-order chi connectivity index (χ0) is 20.6. The van der Waals surface area contributed by atoms with Crippen LogP contribution < -0.4 is 5.32 Å². The van der Waals surface area contributed by atoms with E-state index >= 15 is 0 Å². The summed E-state index contributed by atoms with van der Waals surface area (Å²) in [7, 11) is -3.44. The van der Waals surface area contributed by atoms with Gasteiger partial charge < -0.3 is 5.32 Å². The van der Waals surface area contributed by atoms with E-state index in [0.717, 1.165) is 28.6 Å². The van der Waals surface area contributed by atoms with E-state index in [0.29, 0.717) is 16.9 Å². The van der Waals surface area contributed by atoms with Gasteiger partial charge in [-0.2, -0.15) is 0 Å². The number of halogens is 2. The van der Waals surface area contributed by atoms with Crippen molar-refractivity contribution in [1.29, 1.82) is 0 Å².